The predicted molar refractivity (Wildman–Crippen MR) is 103 cm³/mol. The molecule has 1 aliphatic carbocycles. The molecule has 1 saturated heterocycles. The molecule has 1 aromatic rings. The van der Waals surface area contributed by atoms with Crippen molar-refractivity contribution in [2.45, 2.75) is 82.8 Å². The van der Waals surface area contributed by atoms with Gasteiger partial charge < -0.3 is 10.1 Å². The molecule has 0 spiro atoms. The second-order valence-electron chi connectivity index (χ2n) is 7.55. The molecular weight excluding hydrogens is 334 g/mol. The average Bonchev–Trinajstić information content (AvgIpc) is 3.11. The van der Waals surface area contributed by atoms with E-state index in [0.717, 1.165) is 18.5 Å². The molecular formula is C21H30ClNO2. The summed E-state index contributed by atoms with van der Waals surface area (Å²) in [4.78, 5) is 12.5. The first-order valence-electron chi connectivity index (χ1n) is 9.94. The summed E-state index contributed by atoms with van der Waals surface area (Å²) < 4.78 is 6.19. The van der Waals surface area contributed by atoms with E-state index < -0.39 is 0 Å². The Morgan fingerprint density at radius 1 is 0.880 bits per heavy atom. The number of ether oxygens (including phenoxy) is 1. The molecule has 3 rings (SSSR count). The van der Waals surface area contributed by atoms with Gasteiger partial charge in [0.1, 0.15) is 6.10 Å². The van der Waals surface area contributed by atoms with Crippen LogP contribution in [0.15, 0.2) is 24.3 Å². The highest BCUT2D eigenvalue weighted by Crippen LogP contribution is 2.33. The minimum absolute atomic E-state index is 0.0234. The Balaban J connectivity index is 1.50. The van der Waals surface area contributed by atoms with Crippen LogP contribution in [0, 0.1) is 5.92 Å². The standard InChI is InChI=1S/C21H30ClNO2/c22-17-10-12-18(13-11-17)23-21(24)20-15-14-19(25-20)16-8-6-4-2-1-3-5-7-9-16/h10-13,16,19-20H,1-9,14-15H2,(H,23,24). The lowest BCUT2D eigenvalue weighted by Crippen LogP contribution is -2.30. The van der Waals surface area contributed by atoms with Gasteiger partial charge in [0.2, 0.25) is 0 Å². The predicted octanol–water partition coefficient (Wildman–Crippen LogP) is 5.97. The van der Waals surface area contributed by atoms with E-state index in [1.54, 1.807) is 12.1 Å². The van der Waals surface area contributed by atoms with Gasteiger partial charge in [-0.3, -0.25) is 4.79 Å². The summed E-state index contributed by atoms with van der Waals surface area (Å²) in [5.74, 6) is 0.608. The minimum Gasteiger partial charge on any atom is -0.365 e. The molecule has 1 saturated carbocycles. The number of amides is 1. The van der Waals surface area contributed by atoms with Crippen LogP contribution in [-0.2, 0) is 9.53 Å². The SMILES string of the molecule is O=C(Nc1ccc(Cl)cc1)C1CCC(C2CCCCCCCCC2)O1. The van der Waals surface area contributed by atoms with Crippen molar-refractivity contribution < 1.29 is 9.53 Å². The number of nitrogens with one attached hydrogen (secondary N) is 1. The van der Waals surface area contributed by atoms with Crippen LogP contribution >= 0.6 is 11.6 Å². The summed E-state index contributed by atoms with van der Waals surface area (Å²) in [6.45, 7) is 0. The number of anilines is 1. The third-order valence-electron chi connectivity index (χ3n) is 5.63. The Hall–Kier alpha value is -1.06. The number of carbonyl (C=O) groups excluding carboxylic acids is 1. The Morgan fingerprint density at radius 2 is 1.48 bits per heavy atom. The monoisotopic (exact) mass is 363 g/mol. The maximum atomic E-state index is 12.5. The van der Waals surface area contributed by atoms with Crippen LogP contribution in [0.4, 0.5) is 5.69 Å². The lowest BCUT2D eigenvalue weighted by Gasteiger charge is -2.25. The number of carbonyl (C=O) groups is 1. The van der Waals surface area contributed by atoms with Gasteiger partial charge in [-0.15, -0.1) is 0 Å². The highest BCUT2D eigenvalue weighted by molar-refractivity contribution is 6.30. The Morgan fingerprint density at radius 3 is 2.12 bits per heavy atom. The largest absolute Gasteiger partial charge is 0.365 e. The van der Waals surface area contributed by atoms with Crippen LogP contribution < -0.4 is 5.32 Å². The van der Waals surface area contributed by atoms with Gasteiger partial charge in [-0.1, -0.05) is 56.5 Å². The smallest absolute Gasteiger partial charge is 0.253 e. The van der Waals surface area contributed by atoms with Crippen molar-refractivity contribution in [3.05, 3.63) is 29.3 Å². The molecule has 138 valence electrons. The maximum absolute atomic E-state index is 12.5. The second-order valence-corrected chi connectivity index (χ2v) is 7.99. The fourth-order valence-corrected chi connectivity index (χ4v) is 4.30. The number of rotatable bonds is 3. The van der Waals surface area contributed by atoms with Gasteiger partial charge in [-0.2, -0.15) is 0 Å². The van der Waals surface area contributed by atoms with Crippen molar-refractivity contribution >= 4 is 23.2 Å². The molecule has 1 N–H and O–H groups in total. The summed E-state index contributed by atoms with van der Waals surface area (Å²) in [6.07, 6.45) is 13.8. The number of halogens is 1. The molecule has 1 heterocycles. The molecule has 3 nitrogen and oxygen atoms in total. The van der Waals surface area contributed by atoms with E-state index in [1.165, 1.54) is 57.8 Å². The molecule has 4 heteroatoms. The molecule has 0 radical (unpaired) electrons. The number of hydrogen-bond donors (Lipinski definition) is 1. The van der Waals surface area contributed by atoms with Crippen LogP contribution in [-0.4, -0.2) is 18.1 Å². The van der Waals surface area contributed by atoms with Gasteiger partial charge in [0, 0.05) is 10.7 Å². The lowest BCUT2D eigenvalue weighted by molar-refractivity contribution is -0.128. The molecule has 2 aliphatic rings. The van der Waals surface area contributed by atoms with Crippen LogP contribution in [0.3, 0.4) is 0 Å². The van der Waals surface area contributed by atoms with Crippen LogP contribution in [0.2, 0.25) is 5.02 Å². The average molecular weight is 364 g/mol. The van der Waals surface area contributed by atoms with Crippen LogP contribution in [0.25, 0.3) is 0 Å². The highest BCUT2D eigenvalue weighted by atomic mass is 35.5. The number of hydrogen-bond acceptors (Lipinski definition) is 2. The van der Waals surface area contributed by atoms with Crippen molar-refractivity contribution in [1.29, 1.82) is 0 Å². The first-order chi connectivity index (χ1) is 12.2. The van der Waals surface area contributed by atoms with Gasteiger partial charge in [0.25, 0.3) is 5.91 Å². The highest BCUT2D eigenvalue weighted by Gasteiger charge is 2.34. The fraction of sp³-hybridized carbons (Fsp3) is 0.667. The van der Waals surface area contributed by atoms with E-state index in [4.69, 9.17) is 16.3 Å². The van der Waals surface area contributed by atoms with Gasteiger partial charge in [-0.05, 0) is 55.9 Å². The number of benzene rings is 1. The maximum Gasteiger partial charge on any atom is 0.253 e. The Kier molecular flexibility index (Phi) is 7.18. The Labute approximate surface area is 156 Å². The molecule has 1 aliphatic heterocycles. The summed E-state index contributed by atoms with van der Waals surface area (Å²) in [5, 5.41) is 3.62. The summed E-state index contributed by atoms with van der Waals surface area (Å²) in [7, 11) is 0. The quantitative estimate of drug-likeness (QED) is 0.718. The van der Waals surface area contributed by atoms with Gasteiger partial charge in [0.05, 0.1) is 6.10 Å². The molecule has 2 atom stereocenters. The van der Waals surface area contributed by atoms with Gasteiger partial charge in [-0.25, -0.2) is 0 Å². The van der Waals surface area contributed by atoms with Gasteiger partial charge >= 0.3 is 0 Å². The molecule has 2 fully saturated rings. The van der Waals surface area contributed by atoms with Crippen molar-refractivity contribution in [2.24, 2.45) is 5.92 Å². The zero-order valence-electron chi connectivity index (χ0n) is 15.0. The summed E-state index contributed by atoms with van der Waals surface area (Å²) >= 11 is 5.89. The van der Waals surface area contributed by atoms with Crippen molar-refractivity contribution in [3.63, 3.8) is 0 Å². The topological polar surface area (TPSA) is 38.3 Å². The van der Waals surface area contributed by atoms with Crippen LogP contribution in [0.5, 0.6) is 0 Å². The first-order valence-corrected chi connectivity index (χ1v) is 10.3. The second kappa shape index (κ2) is 9.59. The first kappa shape index (κ1) is 18.7. The van der Waals surface area contributed by atoms with E-state index in [2.05, 4.69) is 5.32 Å². The third-order valence-corrected chi connectivity index (χ3v) is 5.88. The molecule has 1 amide bonds. The van der Waals surface area contributed by atoms with E-state index in [1.807, 2.05) is 12.1 Å². The van der Waals surface area contributed by atoms with E-state index in [0.29, 0.717) is 10.9 Å². The third kappa shape index (κ3) is 5.72. The molecule has 2 unspecified atom stereocenters. The molecule has 0 bridgehead atoms. The van der Waals surface area contributed by atoms with Crippen molar-refractivity contribution in [3.8, 4) is 0 Å². The Bertz CT molecular complexity index is 535. The summed E-state index contributed by atoms with van der Waals surface area (Å²) in [6, 6.07) is 7.23. The van der Waals surface area contributed by atoms with Gasteiger partial charge in [0.15, 0.2) is 0 Å². The zero-order valence-corrected chi connectivity index (χ0v) is 15.8. The van der Waals surface area contributed by atoms with Crippen LogP contribution in [0.1, 0.15) is 70.6 Å². The van der Waals surface area contributed by atoms with Crippen molar-refractivity contribution in [2.75, 3.05) is 5.32 Å². The normalized spacial score (nSPS) is 26.3. The minimum atomic E-state index is -0.309. The molecule has 1 aromatic carbocycles. The molecule has 25 heavy (non-hydrogen) atoms. The van der Waals surface area contributed by atoms with E-state index in [9.17, 15) is 4.79 Å². The lowest BCUT2D eigenvalue weighted by atomic mass is 9.87. The van der Waals surface area contributed by atoms with E-state index >= 15 is 0 Å². The molecule has 0 aromatic heterocycles. The fourth-order valence-electron chi connectivity index (χ4n) is 4.17. The van der Waals surface area contributed by atoms with E-state index in [-0.39, 0.29) is 18.1 Å². The summed E-state index contributed by atoms with van der Waals surface area (Å²) in [5.41, 5.74) is 0.778. The zero-order chi connectivity index (χ0) is 17.5. The van der Waals surface area contributed by atoms with Crippen molar-refractivity contribution in [1.82, 2.24) is 0 Å².